The number of hydrogen-bond donors (Lipinski definition) is 0. The summed E-state index contributed by atoms with van der Waals surface area (Å²) >= 11 is 0. The molecule has 0 aromatic carbocycles. The first-order valence-corrected chi connectivity index (χ1v) is 8.42. The Morgan fingerprint density at radius 2 is 1.65 bits per heavy atom. The molecule has 3 nitrogen and oxygen atoms in total. The Bertz CT molecular complexity index is 519. The van der Waals surface area contributed by atoms with Crippen molar-refractivity contribution < 1.29 is 14.3 Å². The predicted octanol–water partition coefficient (Wildman–Crippen LogP) is 4.78. The Balaban J connectivity index is 0.000000253. The minimum atomic E-state index is -0.230. The van der Waals surface area contributed by atoms with Crippen molar-refractivity contribution in [3.05, 3.63) is 36.0 Å². The zero-order valence-electron chi connectivity index (χ0n) is 15.1. The van der Waals surface area contributed by atoms with Crippen LogP contribution in [0.3, 0.4) is 0 Å². The average molecular weight is 318 g/mol. The van der Waals surface area contributed by atoms with Gasteiger partial charge in [0.1, 0.15) is 0 Å². The first-order chi connectivity index (χ1) is 10.6. The van der Waals surface area contributed by atoms with Gasteiger partial charge in [-0.15, -0.1) is 0 Å². The van der Waals surface area contributed by atoms with Crippen LogP contribution in [0.15, 0.2) is 36.0 Å². The van der Waals surface area contributed by atoms with Gasteiger partial charge in [-0.05, 0) is 48.7 Å². The highest BCUT2D eigenvalue weighted by Gasteiger charge is 2.19. The number of hydrogen-bond acceptors (Lipinski definition) is 3. The second-order valence-electron chi connectivity index (χ2n) is 7.58. The minimum absolute atomic E-state index is 0.230. The third-order valence-electron chi connectivity index (χ3n) is 4.13. The van der Waals surface area contributed by atoms with Crippen LogP contribution in [0.25, 0.3) is 0 Å². The average Bonchev–Trinajstić information content (AvgIpc) is 2.46. The summed E-state index contributed by atoms with van der Waals surface area (Å²) in [6.45, 7) is 11.0. The first-order valence-electron chi connectivity index (χ1n) is 8.42. The van der Waals surface area contributed by atoms with Crippen molar-refractivity contribution in [3.63, 3.8) is 0 Å². The predicted molar refractivity (Wildman–Crippen MR) is 94.0 cm³/mol. The summed E-state index contributed by atoms with van der Waals surface area (Å²) in [6.07, 6.45) is 13.3. The third kappa shape index (κ3) is 7.96. The highest BCUT2D eigenvalue weighted by molar-refractivity contribution is 5.90. The van der Waals surface area contributed by atoms with Gasteiger partial charge < -0.3 is 4.74 Å². The van der Waals surface area contributed by atoms with Crippen molar-refractivity contribution in [2.24, 2.45) is 10.8 Å². The number of ketones is 1. The van der Waals surface area contributed by atoms with Crippen molar-refractivity contribution >= 4 is 11.8 Å². The molecule has 0 spiro atoms. The van der Waals surface area contributed by atoms with Crippen molar-refractivity contribution in [1.82, 2.24) is 0 Å². The lowest BCUT2D eigenvalue weighted by Gasteiger charge is -2.24. The van der Waals surface area contributed by atoms with Crippen LogP contribution in [0, 0.1) is 10.8 Å². The second-order valence-corrected chi connectivity index (χ2v) is 7.58. The van der Waals surface area contributed by atoms with Crippen LogP contribution < -0.4 is 0 Å². The lowest BCUT2D eigenvalue weighted by molar-refractivity contribution is -0.137. The Morgan fingerprint density at radius 3 is 2.04 bits per heavy atom. The second kappa shape index (κ2) is 8.28. The molecule has 0 saturated heterocycles. The van der Waals surface area contributed by atoms with Crippen LogP contribution >= 0.6 is 0 Å². The maximum absolute atomic E-state index is 11.1. The standard InChI is InChI=1S/C12H18O2.C8H12O/c1-4-14-11(13)9-10-5-7-12(2,3)8-6-10;1-8(2)5-3-7(9)4-6-8/h5,7,9H,4,6,8H2,1-3H3;3,5H,4,6H2,1-2H3. The molecule has 0 fully saturated rings. The van der Waals surface area contributed by atoms with Crippen molar-refractivity contribution in [2.75, 3.05) is 6.61 Å². The smallest absolute Gasteiger partial charge is 0.331 e. The van der Waals surface area contributed by atoms with Crippen LogP contribution in [0.2, 0.25) is 0 Å². The van der Waals surface area contributed by atoms with Crippen LogP contribution in [0.5, 0.6) is 0 Å². The van der Waals surface area contributed by atoms with E-state index in [1.807, 2.05) is 19.1 Å². The van der Waals surface area contributed by atoms with Gasteiger partial charge in [0, 0.05) is 12.5 Å². The number of ether oxygens (including phenoxy) is 1. The molecule has 0 heterocycles. The molecule has 0 aromatic rings. The monoisotopic (exact) mass is 318 g/mol. The Kier molecular flexibility index (Phi) is 6.99. The summed E-state index contributed by atoms with van der Waals surface area (Å²) in [6, 6.07) is 0. The highest BCUT2D eigenvalue weighted by Crippen LogP contribution is 2.31. The normalized spacial score (nSPS) is 23.2. The molecule has 0 bridgehead atoms. The number of carbonyl (C=O) groups excluding carboxylic acids is 2. The number of rotatable bonds is 2. The fraction of sp³-hybridized carbons (Fsp3) is 0.600. The fourth-order valence-corrected chi connectivity index (χ4v) is 2.35. The number of esters is 1. The number of allylic oxidation sites excluding steroid dienone is 5. The Morgan fingerprint density at radius 1 is 1.09 bits per heavy atom. The van der Waals surface area contributed by atoms with E-state index in [9.17, 15) is 9.59 Å². The van der Waals surface area contributed by atoms with Crippen LogP contribution in [0.4, 0.5) is 0 Å². The van der Waals surface area contributed by atoms with E-state index in [-0.39, 0.29) is 22.6 Å². The van der Waals surface area contributed by atoms with E-state index in [4.69, 9.17) is 4.74 Å². The van der Waals surface area contributed by atoms with Crippen molar-refractivity contribution in [3.8, 4) is 0 Å². The van der Waals surface area contributed by atoms with E-state index < -0.39 is 0 Å². The summed E-state index contributed by atoms with van der Waals surface area (Å²) < 4.78 is 4.85. The van der Waals surface area contributed by atoms with E-state index >= 15 is 0 Å². The maximum atomic E-state index is 11.1. The van der Waals surface area contributed by atoms with Crippen LogP contribution in [0.1, 0.15) is 60.3 Å². The van der Waals surface area contributed by atoms with E-state index in [0.717, 1.165) is 31.3 Å². The first kappa shape index (κ1) is 19.4. The molecule has 0 aromatic heterocycles. The van der Waals surface area contributed by atoms with Gasteiger partial charge in [-0.25, -0.2) is 4.79 Å². The van der Waals surface area contributed by atoms with Gasteiger partial charge in [0.05, 0.1) is 6.61 Å². The van der Waals surface area contributed by atoms with Gasteiger partial charge in [-0.3, -0.25) is 4.79 Å². The van der Waals surface area contributed by atoms with E-state index in [1.54, 1.807) is 12.2 Å². The summed E-state index contributed by atoms with van der Waals surface area (Å²) in [7, 11) is 0. The molecule has 3 heteroatoms. The molecule has 0 saturated carbocycles. The molecule has 0 N–H and O–H groups in total. The zero-order valence-corrected chi connectivity index (χ0v) is 15.1. The lowest BCUT2D eigenvalue weighted by atomic mass is 9.81. The topological polar surface area (TPSA) is 43.4 Å². The SMILES string of the molecule is CC1(C)C=CC(=O)CC1.CCOC(=O)C=C1C=CC(C)(C)CC1. The van der Waals surface area contributed by atoms with E-state index in [1.165, 1.54) is 0 Å². The molecule has 0 amide bonds. The summed E-state index contributed by atoms with van der Waals surface area (Å²) in [5.41, 5.74) is 1.60. The summed E-state index contributed by atoms with van der Waals surface area (Å²) in [4.78, 5) is 21.8. The highest BCUT2D eigenvalue weighted by atomic mass is 16.5. The molecule has 128 valence electrons. The minimum Gasteiger partial charge on any atom is -0.463 e. The van der Waals surface area contributed by atoms with Gasteiger partial charge in [0.15, 0.2) is 5.78 Å². The van der Waals surface area contributed by atoms with Crippen LogP contribution in [-0.4, -0.2) is 18.4 Å². The lowest BCUT2D eigenvalue weighted by Crippen LogP contribution is -2.14. The zero-order chi connectivity index (χ0) is 17.5. The molecule has 0 unspecified atom stereocenters. The molecule has 2 aliphatic rings. The van der Waals surface area contributed by atoms with E-state index in [2.05, 4.69) is 33.8 Å². The molecular weight excluding hydrogens is 288 g/mol. The molecule has 23 heavy (non-hydrogen) atoms. The largest absolute Gasteiger partial charge is 0.463 e. The summed E-state index contributed by atoms with van der Waals surface area (Å²) in [5, 5.41) is 0. The fourth-order valence-electron chi connectivity index (χ4n) is 2.35. The van der Waals surface area contributed by atoms with E-state index in [0.29, 0.717) is 6.61 Å². The Hall–Kier alpha value is -1.64. The molecule has 0 radical (unpaired) electrons. The van der Waals surface area contributed by atoms with Crippen LogP contribution in [-0.2, 0) is 14.3 Å². The number of carbonyl (C=O) groups is 2. The Labute approximate surface area is 140 Å². The summed E-state index contributed by atoms with van der Waals surface area (Å²) in [5.74, 6) is 0.0428. The molecule has 2 rings (SSSR count). The maximum Gasteiger partial charge on any atom is 0.331 e. The van der Waals surface area contributed by atoms with Gasteiger partial charge in [0.2, 0.25) is 0 Å². The molecular formula is C20H30O3. The third-order valence-corrected chi connectivity index (χ3v) is 4.13. The van der Waals surface area contributed by atoms with Gasteiger partial charge >= 0.3 is 5.97 Å². The van der Waals surface area contributed by atoms with Gasteiger partial charge in [-0.2, -0.15) is 0 Å². The van der Waals surface area contributed by atoms with Crippen molar-refractivity contribution in [1.29, 1.82) is 0 Å². The molecule has 0 aliphatic heterocycles. The quantitative estimate of drug-likeness (QED) is 0.543. The molecule has 2 aliphatic carbocycles. The van der Waals surface area contributed by atoms with Gasteiger partial charge in [0.25, 0.3) is 0 Å². The van der Waals surface area contributed by atoms with Gasteiger partial charge in [-0.1, -0.05) is 45.9 Å². The van der Waals surface area contributed by atoms with Crippen molar-refractivity contribution in [2.45, 2.75) is 60.3 Å². The molecule has 0 atom stereocenters.